The van der Waals surface area contributed by atoms with E-state index in [0.29, 0.717) is 0 Å². The molecule has 0 aliphatic heterocycles. The van der Waals surface area contributed by atoms with Crippen LogP contribution < -0.4 is 4.74 Å². The van der Waals surface area contributed by atoms with Crippen LogP contribution in [0.15, 0.2) is 48.5 Å². The summed E-state index contributed by atoms with van der Waals surface area (Å²) in [4.78, 5) is 2.51. The van der Waals surface area contributed by atoms with E-state index < -0.39 is 0 Å². The Hall–Kier alpha value is -1.80. The molecule has 0 radical (unpaired) electrons. The number of benzene rings is 2. The van der Waals surface area contributed by atoms with Crippen LogP contribution in [0, 0.1) is 6.92 Å². The van der Waals surface area contributed by atoms with Gasteiger partial charge in [0.1, 0.15) is 5.75 Å². The quantitative estimate of drug-likeness (QED) is 0.413. The molecular formula is C24H35NO. The molecule has 0 unspecified atom stereocenters. The highest BCUT2D eigenvalue weighted by Gasteiger charge is 2.06. The van der Waals surface area contributed by atoms with Crippen LogP contribution in [-0.2, 0) is 0 Å². The van der Waals surface area contributed by atoms with Crippen molar-refractivity contribution in [3.05, 3.63) is 54.1 Å². The van der Waals surface area contributed by atoms with Gasteiger partial charge in [-0.25, -0.2) is 0 Å². The van der Waals surface area contributed by atoms with E-state index in [9.17, 15) is 0 Å². The lowest BCUT2D eigenvalue weighted by Crippen LogP contribution is -2.23. The minimum atomic E-state index is 0.805. The van der Waals surface area contributed by atoms with Gasteiger partial charge < -0.3 is 9.64 Å². The average Bonchev–Trinajstić information content (AvgIpc) is 2.68. The van der Waals surface area contributed by atoms with Crippen molar-refractivity contribution < 1.29 is 4.74 Å². The van der Waals surface area contributed by atoms with Crippen LogP contribution in [0.25, 0.3) is 11.1 Å². The van der Waals surface area contributed by atoms with Gasteiger partial charge in [-0.05, 0) is 56.6 Å². The minimum Gasteiger partial charge on any atom is -0.493 e. The van der Waals surface area contributed by atoms with E-state index in [1.165, 1.54) is 62.0 Å². The molecule has 0 bridgehead atoms. The molecule has 2 heteroatoms. The second kappa shape index (κ2) is 11.7. The van der Waals surface area contributed by atoms with Crippen LogP contribution in [-0.4, -0.2) is 31.1 Å². The van der Waals surface area contributed by atoms with E-state index in [1.54, 1.807) is 0 Å². The number of aryl methyl sites for hydroxylation is 1. The normalized spacial score (nSPS) is 11.1. The van der Waals surface area contributed by atoms with Crippen molar-refractivity contribution in [2.24, 2.45) is 0 Å². The first-order valence-corrected chi connectivity index (χ1v) is 10.3. The zero-order valence-corrected chi connectivity index (χ0v) is 16.8. The van der Waals surface area contributed by atoms with Crippen LogP contribution in [0.1, 0.15) is 51.5 Å². The molecule has 0 aromatic heterocycles. The van der Waals surface area contributed by atoms with Crippen LogP contribution >= 0.6 is 0 Å². The van der Waals surface area contributed by atoms with E-state index in [-0.39, 0.29) is 0 Å². The van der Waals surface area contributed by atoms with E-state index in [1.807, 2.05) is 0 Å². The Labute approximate surface area is 160 Å². The Balaban J connectivity index is 1.72. The SMILES string of the molecule is CCN(CC)CCCCCCCOc1cc(C)ccc1-c1ccccc1. The smallest absolute Gasteiger partial charge is 0.127 e. The van der Waals surface area contributed by atoms with Crippen molar-refractivity contribution in [1.29, 1.82) is 0 Å². The van der Waals surface area contributed by atoms with Crippen LogP contribution in [0.3, 0.4) is 0 Å². The van der Waals surface area contributed by atoms with Gasteiger partial charge in [-0.15, -0.1) is 0 Å². The lowest BCUT2D eigenvalue weighted by molar-refractivity contribution is 0.289. The third kappa shape index (κ3) is 6.84. The molecule has 0 fully saturated rings. The van der Waals surface area contributed by atoms with Gasteiger partial charge in [0.2, 0.25) is 0 Å². The maximum Gasteiger partial charge on any atom is 0.127 e. The van der Waals surface area contributed by atoms with E-state index >= 15 is 0 Å². The van der Waals surface area contributed by atoms with Gasteiger partial charge in [0.25, 0.3) is 0 Å². The number of nitrogens with zero attached hydrogens (tertiary/aromatic N) is 1. The molecule has 0 amide bonds. The predicted octanol–water partition coefficient (Wildman–Crippen LogP) is 6.33. The van der Waals surface area contributed by atoms with E-state index in [2.05, 4.69) is 74.2 Å². The molecule has 0 aliphatic rings. The van der Waals surface area contributed by atoms with E-state index in [0.717, 1.165) is 18.8 Å². The summed E-state index contributed by atoms with van der Waals surface area (Å²) in [5, 5.41) is 0. The number of hydrogen-bond donors (Lipinski definition) is 0. The van der Waals surface area contributed by atoms with Crippen LogP contribution in [0.2, 0.25) is 0 Å². The van der Waals surface area contributed by atoms with Gasteiger partial charge in [0.15, 0.2) is 0 Å². The van der Waals surface area contributed by atoms with Crippen molar-refractivity contribution in [3.63, 3.8) is 0 Å². The standard InChI is InChI=1S/C24H35NO/c1-4-25(5-2)18-12-7-6-8-13-19-26-24-20-21(3)16-17-23(24)22-14-10-9-11-15-22/h9-11,14-17,20H,4-8,12-13,18-19H2,1-3H3. The molecule has 142 valence electrons. The highest BCUT2D eigenvalue weighted by molar-refractivity contribution is 5.70. The summed E-state index contributed by atoms with van der Waals surface area (Å²) < 4.78 is 6.14. The molecule has 2 nitrogen and oxygen atoms in total. The molecule has 0 spiro atoms. The molecule has 0 saturated carbocycles. The number of rotatable bonds is 12. The Morgan fingerprint density at radius 3 is 2.23 bits per heavy atom. The molecule has 26 heavy (non-hydrogen) atoms. The Kier molecular flexibility index (Phi) is 9.27. The molecule has 2 rings (SSSR count). The first-order valence-electron chi connectivity index (χ1n) is 10.3. The molecular weight excluding hydrogens is 318 g/mol. The second-order valence-corrected chi connectivity index (χ2v) is 7.01. The Morgan fingerprint density at radius 2 is 1.50 bits per heavy atom. The Morgan fingerprint density at radius 1 is 0.808 bits per heavy atom. The molecule has 0 heterocycles. The van der Waals surface area contributed by atoms with Gasteiger partial charge in [-0.2, -0.15) is 0 Å². The lowest BCUT2D eigenvalue weighted by atomic mass is 10.0. The predicted molar refractivity (Wildman–Crippen MR) is 113 cm³/mol. The van der Waals surface area contributed by atoms with Crippen molar-refractivity contribution in [2.75, 3.05) is 26.2 Å². The lowest BCUT2D eigenvalue weighted by Gasteiger charge is -2.17. The van der Waals surface area contributed by atoms with Crippen molar-refractivity contribution in [1.82, 2.24) is 4.90 Å². The maximum absolute atomic E-state index is 6.14. The Bertz CT molecular complexity index is 619. The van der Waals surface area contributed by atoms with Crippen LogP contribution in [0.5, 0.6) is 5.75 Å². The molecule has 0 N–H and O–H groups in total. The number of hydrogen-bond acceptors (Lipinski definition) is 2. The zero-order chi connectivity index (χ0) is 18.6. The number of unbranched alkanes of at least 4 members (excludes halogenated alkanes) is 4. The summed E-state index contributed by atoms with van der Waals surface area (Å²) in [6, 6.07) is 17.0. The third-order valence-electron chi connectivity index (χ3n) is 4.99. The highest BCUT2D eigenvalue weighted by atomic mass is 16.5. The maximum atomic E-state index is 6.14. The molecule has 2 aromatic carbocycles. The van der Waals surface area contributed by atoms with Gasteiger partial charge in [0.05, 0.1) is 6.61 Å². The van der Waals surface area contributed by atoms with Crippen molar-refractivity contribution in [2.45, 2.75) is 52.9 Å². The summed E-state index contributed by atoms with van der Waals surface area (Å²) in [5.41, 5.74) is 3.66. The van der Waals surface area contributed by atoms with Crippen LogP contribution in [0.4, 0.5) is 0 Å². The topological polar surface area (TPSA) is 12.5 Å². The summed E-state index contributed by atoms with van der Waals surface area (Å²) >= 11 is 0. The van der Waals surface area contributed by atoms with Gasteiger partial charge in [-0.1, -0.05) is 75.6 Å². The largest absolute Gasteiger partial charge is 0.493 e. The van der Waals surface area contributed by atoms with Gasteiger partial charge >= 0.3 is 0 Å². The van der Waals surface area contributed by atoms with Crippen molar-refractivity contribution >= 4 is 0 Å². The first kappa shape index (κ1) is 20.5. The fraction of sp³-hybridized carbons (Fsp3) is 0.500. The minimum absolute atomic E-state index is 0.805. The molecule has 0 saturated heterocycles. The molecule has 0 atom stereocenters. The number of ether oxygens (including phenoxy) is 1. The molecule has 0 aliphatic carbocycles. The zero-order valence-electron chi connectivity index (χ0n) is 16.8. The first-order chi connectivity index (χ1) is 12.7. The average molecular weight is 354 g/mol. The monoisotopic (exact) mass is 353 g/mol. The van der Waals surface area contributed by atoms with Crippen molar-refractivity contribution in [3.8, 4) is 16.9 Å². The van der Waals surface area contributed by atoms with Gasteiger partial charge in [-0.3, -0.25) is 0 Å². The summed E-state index contributed by atoms with van der Waals surface area (Å²) in [6.45, 7) is 11.0. The second-order valence-electron chi connectivity index (χ2n) is 7.01. The highest BCUT2D eigenvalue weighted by Crippen LogP contribution is 2.31. The summed E-state index contributed by atoms with van der Waals surface area (Å²) in [6.07, 6.45) is 6.34. The third-order valence-corrected chi connectivity index (χ3v) is 4.99. The molecule has 2 aromatic rings. The fourth-order valence-corrected chi connectivity index (χ4v) is 3.29. The van der Waals surface area contributed by atoms with E-state index in [4.69, 9.17) is 4.74 Å². The summed E-state index contributed by atoms with van der Waals surface area (Å²) in [5.74, 6) is 1.01. The van der Waals surface area contributed by atoms with Gasteiger partial charge in [0, 0.05) is 5.56 Å². The fourth-order valence-electron chi connectivity index (χ4n) is 3.29. The summed E-state index contributed by atoms with van der Waals surface area (Å²) in [7, 11) is 0.